The average molecular weight is 662 g/mol. The largest absolute Gasteiger partial charge is 0.495 e. The number of anilines is 1. The van der Waals surface area contributed by atoms with Gasteiger partial charge in [0.25, 0.3) is 10.0 Å². The predicted octanol–water partition coefficient (Wildman–Crippen LogP) is 6.33. The van der Waals surface area contributed by atoms with Crippen molar-refractivity contribution in [2.75, 3.05) is 24.5 Å². The number of ether oxygens (including phenoxy) is 1. The summed E-state index contributed by atoms with van der Waals surface area (Å²) in [6.45, 7) is 5.67. The Morgan fingerprint density at radius 2 is 1.59 bits per heavy atom. The number of aryl methyl sites for hydroxylation is 2. The van der Waals surface area contributed by atoms with Gasteiger partial charge in [-0.25, -0.2) is 8.42 Å². The molecule has 10 heteroatoms. The zero-order chi connectivity index (χ0) is 33.3. The van der Waals surface area contributed by atoms with E-state index in [1.54, 1.807) is 24.3 Å². The van der Waals surface area contributed by atoms with Gasteiger partial charge >= 0.3 is 0 Å². The molecule has 0 radical (unpaired) electrons. The van der Waals surface area contributed by atoms with Crippen molar-refractivity contribution in [1.82, 2.24) is 10.2 Å². The number of sulfonamides is 1. The Bertz CT molecular complexity index is 1750. The number of nitrogens with one attached hydrogen (secondary N) is 1. The first-order chi connectivity index (χ1) is 22.0. The van der Waals surface area contributed by atoms with E-state index < -0.39 is 28.5 Å². The summed E-state index contributed by atoms with van der Waals surface area (Å²) in [6, 6.07) is 27.1. The molecule has 0 aliphatic rings. The molecule has 46 heavy (non-hydrogen) atoms. The van der Waals surface area contributed by atoms with Gasteiger partial charge in [0.15, 0.2) is 0 Å². The Labute approximate surface area is 277 Å². The topological polar surface area (TPSA) is 96.0 Å². The van der Waals surface area contributed by atoms with Gasteiger partial charge in [-0.2, -0.15) is 0 Å². The molecule has 0 saturated carbocycles. The van der Waals surface area contributed by atoms with Crippen LogP contribution in [0.2, 0.25) is 5.02 Å². The first kappa shape index (κ1) is 34.5. The van der Waals surface area contributed by atoms with Crippen LogP contribution in [0.1, 0.15) is 35.6 Å². The van der Waals surface area contributed by atoms with E-state index in [4.69, 9.17) is 16.3 Å². The van der Waals surface area contributed by atoms with Crippen molar-refractivity contribution in [1.29, 1.82) is 0 Å². The van der Waals surface area contributed by atoms with Crippen LogP contribution >= 0.6 is 11.6 Å². The number of hydrogen-bond acceptors (Lipinski definition) is 5. The Morgan fingerprint density at radius 3 is 2.24 bits per heavy atom. The molecular formula is C36H40ClN3O5S. The Balaban J connectivity index is 1.85. The fraction of sp³-hybridized carbons (Fsp3) is 0.278. The number of hydrogen-bond donors (Lipinski definition) is 1. The Hall–Kier alpha value is -4.34. The van der Waals surface area contributed by atoms with E-state index in [0.29, 0.717) is 13.0 Å². The van der Waals surface area contributed by atoms with Crippen molar-refractivity contribution < 1.29 is 22.7 Å². The van der Waals surface area contributed by atoms with Crippen molar-refractivity contribution in [3.05, 3.63) is 124 Å². The average Bonchev–Trinajstić information content (AvgIpc) is 3.05. The van der Waals surface area contributed by atoms with Crippen LogP contribution in [0.25, 0.3) is 0 Å². The summed E-state index contributed by atoms with van der Waals surface area (Å²) in [6.07, 6.45) is 0.950. The molecule has 0 saturated heterocycles. The molecule has 0 aromatic heterocycles. The molecule has 0 aliphatic heterocycles. The first-order valence-corrected chi connectivity index (χ1v) is 17.0. The molecule has 0 fully saturated rings. The second-order valence-corrected chi connectivity index (χ2v) is 13.4. The van der Waals surface area contributed by atoms with Crippen molar-refractivity contribution in [2.45, 2.75) is 51.1 Å². The lowest BCUT2D eigenvalue weighted by Gasteiger charge is -2.34. The maximum Gasteiger partial charge on any atom is 0.264 e. The van der Waals surface area contributed by atoms with Crippen LogP contribution in [0.5, 0.6) is 5.75 Å². The monoisotopic (exact) mass is 661 g/mol. The van der Waals surface area contributed by atoms with Crippen LogP contribution in [0.15, 0.2) is 102 Å². The molecule has 0 spiro atoms. The molecule has 4 rings (SSSR count). The van der Waals surface area contributed by atoms with Gasteiger partial charge in [-0.1, -0.05) is 90.8 Å². The van der Waals surface area contributed by atoms with E-state index in [1.807, 2.05) is 75.4 Å². The number of rotatable bonds is 14. The Kier molecular flexibility index (Phi) is 11.8. The number of carbonyl (C=O) groups is 2. The number of amides is 2. The van der Waals surface area contributed by atoms with Gasteiger partial charge in [0.05, 0.1) is 17.7 Å². The minimum Gasteiger partial charge on any atom is -0.495 e. The zero-order valence-corrected chi connectivity index (χ0v) is 28.1. The van der Waals surface area contributed by atoms with Crippen LogP contribution in [0.3, 0.4) is 0 Å². The molecule has 8 nitrogen and oxygen atoms in total. The molecule has 1 atom stereocenters. The third-order valence-corrected chi connectivity index (χ3v) is 9.73. The van der Waals surface area contributed by atoms with Gasteiger partial charge in [0.1, 0.15) is 18.3 Å². The normalized spacial score (nSPS) is 11.8. The van der Waals surface area contributed by atoms with Gasteiger partial charge in [-0.3, -0.25) is 13.9 Å². The second-order valence-electron chi connectivity index (χ2n) is 11.1. The summed E-state index contributed by atoms with van der Waals surface area (Å²) in [5, 5.41) is 3.23. The highest BCUT2D eigenvalue weighted by Crippen LogP contribution is 2.35. The summed E-state index contributed by atoms with van der Waals surface area (Å²) in [5.41, 5.74) is 3.63. The predicted molar refractivity (Wildman–Crippen MR) is 183 cm³/mol. The third-order valence-electron chi connectivity index (χ3n) is 7.72. The van der Waals surface area contributed by atoms with E-state index >= 15 is 0 Å². The smallest absolute Gasteiger partial charge is 0.264 e. The molecule has 242 valence electrons. The zero-order valence-electron chi connectivity index (χ0n) is 26.6. The Morgan fingerprint density at radius 1 is 0.913 bits per heavy atom. The summed E-state index contributed by atoms with van der Waals surface area (Å²) >= 11 is 6.36. The van der Waals surface area contributed by atoms with Crippen LogP contribution in [0.4, 0.5) is 5.69 Å². The van der Waals surface area contributed by atoms with Crippen LogP contribution in [-0.2, 0) is 32.6 Å². The quantitative estimate of drug-likeness (QED) is 0.171. The minimum absolute atomic E-state index is 0.0000863. The second kappa shape index (κ2) is 15.8. The lowest BCUT2D eigenvalue weighted by molar-refractivity contribution is -0.140. The number of methoxy groups -OCH3 is 1. The number of carbonyl (C=O) groups excluding carboxylic acids is 2. The highest BCUT2D eigenvalue weighted by molar-refractivity contribution is 7.92. The molecular weight excluding hydrogens is 622 g/mol. The number of nitrogens with zero attached hydrogens (tertiary/aromatic N) is 2. The summed E-state index contributed by atoms with van der Waals surface area (Å²) in [4.78, 5) is 29.9. The lowest BCUT2D eigenvalue weighted by atomic mass is 10.0. The van der Waals surface area contributed by atoms with Gasteiger partial charge in [0.2, 0.25) is 11.8 Å². The minimum atomic E-state index is -4.30. The highest BCUT2D eigenvalue weighted by Gasteiger charge is 2.35. The van der Waals surface area contributed by atoms with Crippen molar-refractivity contribution in [2.24, 2.45) is 0 Å². The fourth-order valence-electron chi connectivity index (χ4n) is 5.10. The van der Waals surface area contributed by atoms with Crippen molar-refractivity contribution >= 4 is 39.1 Å². The third kappa shape index (κ3) is 8.47. The lowest BCUT2D eigenvalue weighted by Crippen LogP contribution is -2.53. The fourth-order valence-corrected chi connectivity index (χ4v) is 6.68. The maximum atomic E-state index is 14.6. The van der Waals surface area contributed by atoms with E-state index in [1.165, 1.54) is 30.2 Å². The summed E-state index contributed by atoms with van der Waals surface area (Å²) in [7, 11) is -2.88. The molecule has 4 aromatic rings. The van der Waals surface area contributed by atoms with E-state index in [9.17, 15) is 18.0 Å². The first-order valence-electron chi connectivity index (χ1n) is 15.1. The van der Waals surface area contributed by atoms with Gasteiger partial charge in [-0.05, 0) is 67.3 Å². The van der Waals surface area contributed by atoms with Crippen LogP contribution in [-0.4, -0.2) is 51.4 Å². The van der Waals surface area contributed by atoms with Gasteiger partial charge in [-0.15, -0.1) is 0 Å². The van der Waals surface area contributed by atoms with Crippen LogP contribution in [0, 0.1) is 13.8 Å². The molecule has 4 aromatic carbocycles. The maximum absolute atomic E-state index is 14.6. The highest BCUT2D eigenvalue weighted by atomic mass is 35.5. The molecule has 0 bridgehead atoms. The van der Waals surface area contributed by atoms with Gasteiger partial charge in [0, 0.05) is 24.5 Å². The van der Waals surface area contributed by atoms with Crippen molar-refractivity contribution in [3.63, 3.8) is 0 Å². The number of halogens is 1. The SMILES string of the molecule is CCCNC(=O)C(Cc1ccccc1)N(Cc1ccccc1C)C(=O)CN(c1cc(Cl)ccc1OC)S(=O)(=O)c1ccc(C)cc1. The van der Waals surface area contributed by atoms with Crippen molar-refractivity contribution in [3.8, 4) is 5.75 Å². The van der Waals surface area contributed by atoms with E-state index in [0.717, 1.165) is 26.6 Å². The standard InChI is InChI=1S/C36H40ClN3O5S/c1-5-21-38-36(42)33(22-28-12-7-6-8-13-28)39(24-29-14-10-9-11-27(29)3)35(41)25-40(32-23-30(37)17-20-34(32)45-4)46(43,44)31-18-15-26(2)16-19-31/h6-20,23,33H,5,21-22,24-25H2,1-4H3,(H,38,42). The summed E-state index contributed by atoms with van der Waals surface area (Å²) < 4.78 is 35.2. The van der Waals surface area contributed by atoms with Crippen LogP contribution < -0.4 is 14.4 Å². The molecule has 0 heterocycles. The van der Waals surface area contributed by atoms with E-state index in [2.05, 4.69) is 5.32 Å². The molecule has 1 unspecified atom stereocenters. The molecule has 2 amide bonds. The molecule has 0 aliphatic carbocycles. The van der Waals surface area contributed by atoms with E-state index in [-0.39, 0.29) is 40.2 Å². The number of benzene rings is 4. The molecule has 1 N–H and O–H groups in total. The summed E-state index contributed by atoms with van der Waals surface area (Å²) in [5.74, 6) is -0.658. The van der Waals surface area contributed by atoms with Gasteiger partial charge < -0.3 is 15.0 Å².